The normalized spacial score (nSPS) is 32.8. The number of nitrogens with one attached hydrogen (secondary N) is 1. The van der Waals surface area contributed by atoms with Gasteiger partial charge in [0.1, 0.15) is 12.2 Å². The minimum atomic E-state index is -0.976. The maximum Gasteiger partial charge on any atom is 0.329 e. The van der Waals surface area contributed by atoms with Crippen molar-refractivity contribution in [1.82, 2.24) is 10.2 Å². The van der Waals surface area contributed by atoms with Crippen molar-refractivity contribution in [2.24, 2.45) is 17.8 Å². The Morgan fingerprint density at radius 1 is 1.33 bits per heavy atom. The van der Waals surface area contributed by atoms with E-state index in [-0.39, 0.29) is 12.6 Å². The monoisotopic (exact) mass is 296 g/mol. The number of amides is 2. The highest BCUT2D eigenvalue weighted by atomic mass is 16.5. The fourth-order valence-electron chi connectivity index (χ4n) is 4.19. The number of nitrogens with zero attached hydrogens (tertiary/aromatic N) is 1. The Bertz CT molecular complexity index is 433. The van der Waals surface area contributed by atoms with Crippen LogP contribution in [-0.2, 0) is 9.53 Å². The molecule has 1 heterocycles. The zero-order chi connectivity index (χ0) is 15.0. The summed E-state index contributed by atoms with van der Waals surface area (Å²) < 4.78 is 5.30. The van der Waals surface area contributed by atoms with E-state index >= 15 is 0 Å². The van der Waals surface area contributed by atoms with Crippen LogP contribution in [0.15, 0.2) is 0 Å². The van der Waals surface area contributed by atoms with Gasteiger partial charge >= 0.3 is 12.0 Å². The minimum absolute atomic E-state index is 0.0471. The Hall–Kier alpha value is -1.30. The molecule has 21 heavy (non-hydrogen) atoms. The number of hydrogen-bond acceptors (Lipinski definition) is 3. The van der Waals surface area contributed by atoms with Gasteiger partial charge in [-0.05, 0) is 43.9 Å². The molecule has 3 rings (SSSR count). The first-order chi connectivity index (χ1) is 9.95. The average molecular weight is 296 g/mol. The molecule has 6 nitrogen and oxygen atoms in total. The number of carboxylic acids is 1. The zero-order valence-electron chi connectivity index (χ0n) is 12.5. The predicted molar refractivity (Wildman–Crippen MR) is 75.9 cm³/mol. The number of urea groups is 1. The number of carbonyl (C=O) groups excluding carboxylic acids is 1. The van der Waals surface area contributed by atoms with E-state index in [1.54, 1.807) is 4.90 Å². The molecule has 3 atom stereocenters. The first kappa shape index (κ1) is 14.6. The summed E-state index contributed by atoms with van der Waals surface area (Å²) in [7, 11) is 0. The van der Waals surface area contributed by atoms with Crippen LogP contribution in [0.1, 0.15) is 32.6 Å². The van der Waals surface area contributed by atoms with E-state index in [0.29, 0.717) is 19.0 Å². The average Bonchev–Trinajstić information content (AvgIpc) is 3.01. The lowest BCUT2D eigenvalue weighted by Gasteiger charge is -2.47. The third-order valence-corrected chi connectivity index (χ3v) is 5.28. The van der Waals surface area contributed by atoms with Crippen LogP contribution in [0.3, 0.4) is 0 Å². The van der Waals surface area contributed by atoms with Gasteiger partial charge in [-0.3, -0.25) is 0 Å². The zero-order valence-corrected chi connectivity index (χ0v) is 12.5. The molecule has 2 amide bonds. The first-order valence-corrected chi connectivity index (χ1v) is 7.84. The van der Waals surface area contributed by atoms with Crippen LogP contribution in [-0.4, -0.2) is 53.8 Å². The summed E-state index contributed by atoms with van der Waals surface area (Å²) in [6.07, 6.45) is 5.33. The Balaban J connectivity index is 1.37. The summed E-state index contributed by atoms with van der Waals surface area (Å²) in [6, 6.07) is -0.0471. The van der Waals surface area contributed by atoms with Gasteiger partial charge in [-0.1, -0.05) is 6.42 Å². The number of fused-ring (bicyclic) bond motifs is 2. The Morgan fingerprint density at radius 3 is 2.67 bits per heavy atom. The van der Waals surface area contributed by atoms with Crippen LogP contribution in [0, 0.1) is 17.8 Å². The number of carbonyl (C=O) groups is 2. The molecule has 0 aromatic carbocycles. The second kappa shape index (κ2) is 5.48. The lowest BCUT2D eigenvalue weighted by Crippen LogP contribution is -2.65. The van der Waals surface area contributed by atoms with E-state index in [1.807, 2.05) is 6.92 Å². The lowest BCUT2D eigenvalue weighted by molar-refractivity contribution is -0.159. The molecule has 3 unspecified atom stereocenters. The van der Waals surface area contributed by atoms with E-state index in [9.17, 15) is 9.59 Å². The summed E-state index contributed by atoms with van der Waals surface area (Å²) in [5, 5.41) is 11.6. The first-order valence-electron chi connectivity index (χ1n) is 7.84. The molecule has 0 spiro atoms. The molecule has 0 aromatic heterocycles. The fourth-order valence-corrected chi connectivity index (χ4v) is 4.19. The van der Waals surface area contributed by atoms with Crippen LogP contribution in [0.5, 0.6) is 0 Å². The molecule has 2 bridgehead atoms. The molecular weight excluding hydrogens is 272 g/mol. The van der Waals surface area contributed by atoms with Crippen molar-refractivity contribution in [2.45, 2.75) is 38.2 Å². The van der Waals surface area contributed by atoms with E-state index in [2.05, 4.69) is 5.32 Å². The third-order valence-electron chi connectivity index (χ3n) is 5.28. The van der Waals surface area contributed by atoms with Crippen LogP contribution in [0.2, 0.25) is 0 Å². The summed E-state index contributed by atoms with van der Waals surface area (Å²) in [5.74, 6) is 1.39. The molecule has 3 fully saturated rings. The smallest absolute Gasteiger partial charge is 0.329 e. The van der Waals surface area contributed by atoms with E-state index in [0.717, 1.165) is 18.4 Å². The fraction of sp³-hybridized carbons (Fsp3) is 0.867. The van der Waals surface area contributed by atoms with Gasteiger partial charge in [0.2, 0.25) is 0 Å². The highest BCUT2D eigenvalue weighted by Gasteiger charge is 2.44. The van der Waals surface area contributed by atoms with E-state index in [4.69, 9.17) is 9.84 Å². The molecular formula is C15H24N2O4. The van der Waals surface area contributed by atoms with Crippen molar-refractivity contribution in [3.8, 4) is 0 Å². The number of carboxylic acid groups (broad SMARTS) is 1. The molecule has 2 aliphatic carbocycles. The molecule has 1 aliphatic heterocycles. The SMILES string of the molecule is CC1(OCC(=O)O)CN(C(=O)NCC2CC3CCC2C3)C1. The van der Waals surface area contributed by atoms with Crippen molar-refractivity contribution in [3.05, 3.63) is 0 Å². The molecule has 0 radical (unpaired) electrons. The third kappa shape index (κ3) is 3.15. The standard InChI is InChI=1S/C15H24N2O4/c1-15(21-7-13(18)19)8-17(9-15)14(20)16-6-12-5-10-2-3-11(12)4-10/h10-12H,2-9H2,1H3,(H,16,20)(H,18,19). The van der Waals surface area contributed by atoms with Gasteiger partial charge in [0.25, 0.3) is 0 Å². The van der Waals surface area contributed by atoms with Gasteiger partial charge in [-0.15, -0.1) is 0 Å². The summed E-state index contributed by atoms with van der Waals surface area (Å²) in [4.78, 5) is 24.2. The second-order valence-corrected chi connectivity index (χ2v) is 7.11. The van der Waals surface area contributed by atoms with Crippen molar-refractivity contribution in [2.75, 3.05) is 26.2 Å². The van der Waals surface area contributed by atoms with Crippen molar-refractivity contribution in [1.29, 1.82) is 0 Å². The van der Waals surface area contributed by atoms with Crippen molar-refractivity contribution < 1.29 is 19.4 Å². The highest BCUT2D eigenvalue weighted by molar-refractivity contribution is 5.75. The Labute approximate surface area is 124 Å². The molecule has 1 saturated heterocycles. The van der Waals surface area contributed by atoms with Crippen LogP contribution in [0.25, 0.3) is 0 Å². The van der Waals surface area contributed by atoms with E-state index in [1.165, 1.54) is 25.7 Å². The van der Waals surface area contributed by atoms with Crippen LogP contribution in [0.4, 0.5) is 4.79 Å². The Morgan fingerprint density at radius 2 is 2.10 bits per heavy atom. The van der Waals surface area contributed by atoms with Crippen molar-refractivity contribution >= 4 is 12.0 Å². The van der Waals surface area contributed by atoms with Gasteiger partial charge in [-0.25, -0.2) is 9.59 Å². The predicted octanol–water partition coefficient (Wildman–Crippen LogP) is 1.31. The second-order valence-electron chi connectivity index (χ2n) is 7.11. The molecule has 6 heteroatoms. The molecule has 2 N–H and O–H groups in total. The van der Waals surface area contributed by atoms with Gasteiger partial charge < -0.3 is 20.1 Å². The maximum atomic E-state index is 12.1. The minimum Gasteiger partial charge on any atom is -0.480 e. The quantitative estimate of drug-likeness (QED) is 0.801. The number of hydrogen-bond donors (Lipinski definition) is 2. The van der Waals surface area contributed by atoms with E-state index < -0.39 is 11.6 Å². The lowest BCUT2D eigenvalue weighted by atomic mass is 9.89. The van der Waals surface area contributed by atoms with Crippen LogP contribution >= 0.6 is 0 Å². The van der Waals surface area contributed by atoms with Gasteiger partial charge in [0.05, 0.1) is 13.1 Å². The van der Waals surface area contributed by atoms with Crippen LogP contribution < -0.4 is 5.32 Å². The summed E-state index contributed by atoms with van der Waals surface area (Å²) in [6.45, 7) is 3.24. The largest absolute Gasteiger partial charge is 0.480 e. The van der Waals surface area contributed by atoms with Crippen molar-refractivity contribution in [3.63, 3.8) is 0 Å². The Kier molecular flexibility index (Phi) is 3.82. The maximum absolute atomic E-state index is 12.1. The molecule has 118 valence electrons. The summed E-state index contributed by atoms with van der Waals surface area (Å²) >= 11 is 0. The van der Waals surface area contributed by atoms with Gasteiger partial charge in [0, 0.05) is 6.54 Å². The molecule has 3 aliphatic rings. The van der Waals surface area contributed by atoms with Gasteiger partial charge in [0.15, 0.2) is 0 Å². The molecule has 2 saturated carbocycles. The molecule has 0 aromatic rings. The topological polar surface area (TPSA) is 78.9 Å². The number of ether oxygens (including phenoxy) is 1. The highest BCUT2D eigenvalue weighted by Crippen LogP contribution is 2.47. The number of rotatable bonds is 5. The number of aliphatic carboxylic acids is 1. The van der Waals surface area contributed by atoms with Gasteiger partial charge in [-0.2, -0.15) is 0 Å². The number of likely N-dealkylation sites (tertiary alicyclic amines) is 1. The summed E-state index contributed by atoms with van der Waals surface area (Å²) in [5.41, 5.74) is -0.512.